The molecular formula is C7H16N2O5. The Bertz CT molecular complexity index is 177. The molecule has 0 rings (SSSR count). The number of ether oxygens (including phenoxy) is 2. The number of carbonyl (C=O) groups excluding carboxylic acids is 1. The van der Waals surface area contributed by atoms with Crippen LogP contribution in [0.4, 0.5) is 4.79 Å². The molecule has 0 aromatic carbocycles. The van der Waals surface area contributed by atoms with Crippen molar-refractivity contribution in [3.63, 3.8) is 0 Å². The average molecular weight is 208 g/mol. The number of hydrogen-bond donors (Lipinski definition) is 4. The molecule has 0 saturated carbocycles. The van der Waals surface area contributed by atoms with Crippen molar-refractivity contribution in [1.82, 2.24) is 0 Å². The number of hydrogen-bond acceptors (Lipinski definition) is 5. The van der Waals surface area contributed by atoms with Gasteiger partial charge in [-0.05, 0) is 13.8 Å². The molecule has 0 spiro atoms. The molecule has 7 nitrogen and oxygen atoms in total. The molecule has 14 heavy (non-hydrogen) atoms. The van der Waals surface area contributed by atoms with Gasteiger partial charge in [-0.15, -0.1) is 0 Å². The van der Waals surface area contributed by atoms with Crippen LogP contribution in [-0.4, -0.2) is 29.5 Å². The summed E-state index contributed by atoms with van der Waals surface area (Å²) in [5.74, 6) is -1.13. The lowest BCUT2D eigenvalue weighted by Gasteiger charge is -2.06. The van der Waals surface area contributed by atoms with Gasteiger partial charge in [0.1, 0.15) is 0 Å². The van der Waals surface area contributed by atoms with E-state index in [4.69, 9.17) is 24.5 Å². The quantitative estimate of drug-likeness (QED) is 0.495. The topological polar surface area (TPSA) is 128 Å². The average Bonchev–Trinajstić information content (AvgIpc) is 2.02. The Morgan fingerprint density at radius 3 is 1.57 bits per heavy atom. The summed E-state index contributed by atoms with van der Waals surface area (Å²) < 4.78 is 9.40. The van der Waals surface area contributed by atoms with E-state index in [1.165, 1.54) is 0 Å². The fourth-order valence-electron chi connectivity index (χ4n) is 0.433. The third-order valence-corrected chi connectivity index (χ3v) is 0.733. The summed E-state index contributed by atoms with van der Waals surface area (Å²) in [7, 11) is 0. The third kappa shape index (κ3) is 12.8. The van der Waals surface area contributed by atoms with Crippen molar-refractivity contribution in [2.24, 2.45) is 11.5 Å². The normalized spacial score (nSPS) is 7.86. The van der Waals surface area contributed by atoms with Crippen LogP contribution in [0.1, 0.15) is 13.8 Å². The van der Waals surface area contributed by atoms with E-state index in [9.17, 15) is 0 Å². The molecule has 0 aliphatic carbocycles. The summed E-state index contributed by atoms with van der Waals surface area (Å²) in [6.45, 7) is 4.14. The van der Waals surface area contributed by atoms with E-state index in [2.05, 4.69) is 11.5 Å². The van der Waals surface area contributed by atoms with Gasteiger partial charge in [-0.2, -0.15) is 0 Å². The van der Waals surface area contributed by atoms with Crippen LogP contribution in [0.5, 0.6) is 0 Å². The minimum Gasteiger partial charge on any atom is -0.476 e. The summed E-state index contributed by atoms with van der Waals surface area (Å²) in [5, 5.41) is 16.9. The smallest absolute Gasteiger partial charge is 0.363 e. The van der Waals surface area contributed by atoms with Crippen LogP contribution in [0.2, 0.25) is 0 Å². The first-order valence-corrected chi connectivity index (χ1v) is 3.88. The van der Waals surface area contributed by atoms with Crippen LogP contribution < -0.4 is 11.5 Å². The van der Waals surface area contributed by atoms with Crippen molar-refractivity contribution in [3.05, 3.63) is 11.9 Å². The zero-order chi connectivity index (χ0) is 11.6. The van der Waals surface area contributed by atoms with Crippen LogP contribution in [0.25, 0.3) is 0 Å². The van der Waals surface area contributed by atoms with E-state index >= 15 is 0 Å². The number of aliphatic hydroxyl groups excluding tert-OH is 1. The SMILES string of the molecule is CCOC(OCC)=C(O)O.NC(N)=O. The van der Waals surface area contributed by atoms with Crippen molar-refractivity contribution in [3.8, 4) is 0 Å². The Labute approximate surface area is 81.9 Å². The van der Waals surface area contributed by atoms with Crippen molar-refractivity contribution in [2.45, 2.75) is 13.8 Å². The second-order valence-electron chi connectivity index (χ2n) is 1.88. The predicted molar refractivity (Wildman–Crippen MR) is 49.3 cm³/mol. The van der Waals surface area contributed by atoms with E-state index in [0.717, 1.165) is 0 Å². The Hall–Kier alpha value is -1.79. The highest BCUT2D eigenvalue weighted by atomic mass is 16.7. The lowest BCUT2D eigenvalue weighted by Crippen LogP contribution is -2.18. The number of primary amides is 2. The number of urea groups is 1. The third-order valence-electron chi connectivity index (χ3n) is 0.733. The van der Waals surface area contributed by atoms with Crippen molar-refractivity contribution < 1.29 is 24.5 Å². The summed E-state index contributed by atoms with van der Waals surface area (Å²) in [6, 6.07) is -0.833. The molecule has 0 unspecified atom stereocenters. The highest BCUT2D eigenvalue weighted by Gasteiger charge is 2.04. The highest BCUT2D eigenvalue weighted by molar-refractivity contribution is 5.69. The standard InChI is InChI=1S/C6H12O4.CH4N2O/c1-3-9-6(5(7)8)10-4-2;2-1(3)4/h7-8H,3-4H2,1-2H3;(H4,2,3,4). The molecule has 7 heteroatoms. The Morgan fingerprint density at radius 1 is 1.14 bits per heavy atom. The van der Waals surface area contributed by atoms with Crippen LogP contribution >= 0.6 is 0 Å². The number of amides is 2. The Balaban J connectivity index is 0. The summed E-state index contributed by atoms with van der Waals surface area (Å²) in [4.78, 5) is 9.00. The largest absolute Gasteiger partial charge is 0.476 e. The Morgan fingerprint density at radius 2 is 1.43 bits per heavy atom. The number of carbonyl (C=O) groups is 1. The molecule has 0 aromatic heterocycles. The van der Waals surface area contributed by atoms with Gasteiger partial charge >= 0.3 is 17.9 Å². The van der Waals surface area contributed by atoms with Crippen LogP contribution in [0, 0.1) is 0 Å². The van der Waals surface area contributed by atoms with Gasteiger partial charge in [0.05, 0.1) is 13.2 Å². The van der Waals surface area contributed by atoms with Gasteiger partial charge in [0.15, 0.2) is 0 Å². The lowest BCUT2D eigenvalue weighted by molar-refractivity contribution is 0.00342. The van der Waals surface area contributed by atoms with Crippen molar-refractivity contribution >= 4 is 6.03 Å². The van der Waals surface area contributed by atoms with E-state index in [-0.39, 0.29) is 5.95 Å². The molecule has 0 aliphatic heterocycles. The lowest BCUT2D eigenvalue weighted by atomic mass is 10.8. The number of nitrogens with two attached hydrogens (primary N) is 2. The molecule has 0 saturated heterocycles. The molecule has 0 fully saturated rings. The monoisotopic (exact) mass is 208 g/mol. The van der Waals surface area contributed by atoms with Gasteiger partial charge in [0, 0.05) is 0 Å². The van der Waals surface area contributed by atoms with Gasteiger partial charge < -0.3 is 31.2 Å². The van der Waals surface area contributed by atoms with Crippen molar-refractivity contribution in [1.29, 1.82) is 0 Å². The maximum absolute atomic E-state index is 9.00. The van der Waals surface area contributed by atoms with Crippen LogP contribution in [-0.2, 0) is 9.47 Å². The van der Waals surface area contributed by atoms with Gasteiger partial charge in [-0.3, -0.25) is 0 Å². The molecular weight excluding hydrogens is 192 g/mol. The van der Waals surface area contributed by atoms with E-state index < -0.39 is 12.0 Å². The molecule has 0 aliphatic rings. The maximum atomic E-state index is 9.00. The van der Waals surface area contributed by atoms with Crippen molar-refractivity contribution in [2.75, 3.05) is 13.2 Å². The minimum absolute atomic E-state index is 0.218. The molecule has 6 N–H and O–H groups in total. The fraction of sp³-hybridized carbons (Fsp3) is 0.571. The van der Waals surface area contributed by atoms with Gasteiger partial charge in [0.25, 0.3) is 0 Å². The summed E-state index contributed by atoms with van der Waals surface area (Å²) >= 11 is 0. The van der Waals surface area contributed by atoms with Gasteiger partial charge in [-0.25, -0.2) is 4.79 Å². The first kappa shape index (κ1) is 14.7. The molecule has 0 bridgehead atoms. The van der Waals surface area contributed by atoms with E-state index in [1.807, 2.05) is 0 Å². The maximum Gasteiger partial charge on any atom is 0.363 e. The molecule has 84 valence electrons. The zero-order valence-corrected chi connectivity index (χ0v) is 8.19. The van der Waals surface area contributed by atoms with Gasteiger partial charge in [0.2, 0.25) is 0 Å². The Kier molecular flexibility index (Phi) is 9.78. The first-order valence-electron chi connectivity index (χ1n) is 3.88. The molecule has 0 atom stereocenters. The number of aliphatic hydroxyl groups is 2. The van der Waals surface area contributed by atoms with E-state index in [1.54, 1.807) is 13.8 Å². The minimum atomic E-state index is -0.913. The summed E-state index contributed by atoms with van der Waals surface area (Å²) in [5.41, 5.74) is 8.50. The molecule has 0 radical (unpaired) electrons. The molecule has 2 amide bonds. The van der Waals surface area contributed by atoms with E-state index in [0.29, 0.717) is 13.2 Å². The summed E-state index contributed by atoms with van der Waals surface area (Å²) in [6.07, 6.45) is 0. The zero-order valence-electron chi connectivity index (χ0n) is 8.19. The molecule has 0 aromatic rings. The first-order chi connectivity index (χ1) is 6.45. The second-order valence-corrected chi connectivity index (χ2v) is 1.88. The highest BCUT2D eigenvalue weighted by Crippen LogP contribution is 2.02. The van der Waals surface area contributed by atoms with Crippen LogP contribution in [0.3, 0.4) is 0 Å². The fourth-order valence-corrected chi connectivity index (χ4v) is 0.433. The van der Waals surface area contributed by atoms with Crippen LogP contribution in [0.15, 0.2) is 11.9 Å². The number of rotatable bonds is 4. The second kappa shape index (κ2) is 9.30. The van der Waals surface area contributed by atoms with Gasteiger partial charge in [-0.1, -0.05) is 0 Å². The molecule has 0 heterocycles. The predicted octanol–water partition coefficient (Wildman–Crippen LogP) is 0.326.